The van der Waals surface area contributed by atoms with Gasteiger partial charge in [0.15, 0.2) is 0 Å². The molecule has 0 atom stereocenters. The average Bonchev–Trinajstić information content (AvgIpc) is 3.28. The number of aromatic nitrogens is 3. The minimum atomic E-state index is 0. The molecule has 0 amide bonds. The molecule has 0 bridgehead atoms. The Morgan fingerprint density at radius 1 is 0.259 bits per heavy atom. The van der Waals surface area contributed by atoms with Crippen LogP contribution in [0.5, 0.6) is 0 Å². The third kappa shape index (κ3) is 10.6. The van der Waals surface area contributed by atoms with Gasteiger partial charge in [-0.1, -0.05) is 182 Å². The fourth-order valence-corrected chi connectivity index (χ4v) is 6.73. The first-order chi connectivity index (χ1) is 28.0. The quantitative estimate of drug-likeness (QED) is 0.167. The molecular formula is C54H45IrN3. The van der Waals surface area contributed by atoms with Crippen LogP contribution in [0.4, 0.5) is 0 Å². The van der Waals surface area contributed by atoms with Gasteiger partial charge in [-0.05, 0) is 72.4 Å². The van der Waals surface area contributed by atoms with Crippen LogP contribution >= 0.6 is 0 Å². The molecule has 0 saturated heterocycles. The smallest absolute Gasteiger partial charge is 0.0705 e. The number of hydrogen-bond acceptors (Lipinski definition) is 3. The van der Waals surface area contributed by atoms with E-state index in [4.69, 9.17) is 0 Å². The molecule has 0 aliphatic carbocycles. The molecule has 3 aromatic heterocycles. The van der Waals surface area contributed by atoms with Gasteiger partial charge < -0.3 is 0 Å². The monoisotopic (exact) mass is 928 g/mol. The summed E-state index contributed by atoms with van der Waals surface area (Å²) in [4.78, 5) is 13.8. The summed E-state index contributed by atoms with van der Waals surface area (Å²) in [7, 11) is 0. The van der Waals surface area contributed by atoms with E-state index in [1.165, 1.54) is 50.1 Å². The number of hydrogen-bond donors (Lipinski definition) is 0. The molecule has 58 heavy (non-hydrogen) atoms. The minimum Gasteiger partial charge on any atom is -0.256 e. The molecule has 0 N–H and O–H groups in total. The topological polar surface area (TPSA) is 38.7 Å². The zero-order valence-corrected chi connectivity index (χ0v) is 35.4. The fourth-order valence-electron chi connectivity index (χ4n) is 6.73. The average molecular weight is 928 g/mol. The summed E-state index contributed by atoms with van der Waals surface area (Å²) >= 11 is 0. The van der Waals surface area contributed by atoms with Crippen molar-refractivity contribution in [2.75, 3.05) is 0 Å². The number of rotatable bonds is 6. The molecular weight excluding hydrogens is 883 g/mol. The summed E-state index contributed by atoms with van der Waals surface area (Å²) in [5.41, 5.74) is 17.5. The van der Waals surface area contributed by atoms with Crippen molar-refractivity contribution in [3.8, 4) is 67.2 Å². The largest absolute Gasteiger partial charge is 0.256 e. The van der Waals surface area contributed by atoms with Gasteiger partial charge in [-0.2, -0.15) is 0 Å². The molecule has 0 fully saturated rings. The number of benzene rings is 6. The van der Waals surface area contributed by atoms with E-state index < -0.39 is 0 Å². The first-order valence-electron chi connectivity index (χ1n) is 19.3. The van der Waals surface area contributed by atoms with Crippen LogP contribution in [0, 0.1) is 20.8 Å². The predicted molar refractivity (Wildman–Crippen MR) is 240 cm³/mol. The number of aryl methyl sites for hydroxylation is 3. The second-order valence-electron chi connectivity index (χ2n) is 13.8. The Bertz CT molecular complexity index is 2320. The van der Waals surface area contributed by atoms with Gasteiger partial charge in [0.25, 0.3) is 0 Å². The van der Waals surface area contributed by atoms with E-state index in [0.717, 1.165) is 33.8 Å². The van der Waals surface area contributed by atoms with Crippen LogP contribution in [0.15, 0.2) is 219 Å². The second kappa shape index (κ2) is 20.5. The van der Waals surface area contributed by atoms with E-state index >= 15 is 0 Å². The maximum absolute atomic E-state index is 4.59. The summed E-state index contributed by atoms with van der Waals surface area (Å²) in [6.07, 6.45) is 5.90. The van der Waals surface area contributed by atoms with E-state index in [0.29, 0.717) is 0 Å². The second-order valence-corrected chi connectivity index (χ2v) is 13.8. The molecule has 3 heterocycles. The van der Waals surface area contributed by atoms with Crippen molar-refractivity contribution in [3.05, 3.63) is 235 Å². The molecule has 3 nitrogen and oxygen atoms in total. The summed E-state index contributed by atoms with van der Waals surface area (Å²) < 4.78 is 0. The molecule has 285 valence electrons. The summed E-state index contributed by atoms with van der Waals surface area (Å²) in [5.74, 6) is 0. The first-order valence-corrected chi connectivity index (χ1v) is 19.3. The standard InChI is InChI=1S/3C18H15N.Ir/c3*1-14-12-18(16-10-6-3-7-11-16)19-13-17(14)15-8-4-2-5-9-15;/h3*2-13H,1H3;. The van der Waals surface area contributed by atoms with Crippen molar-refractivity contribution in [3.63, 3.8) is 0 Å². The van der Waals surface area contributed by atoms with Crippen molar-refractivity contribution in [2.45, 2.75) is 20.8 Å². The molecule has 0 unspecified atom stereocenters. The van der Waals surface area contributed by atoms with Gasteiger partial charge in [-0.25, -0.2) is 0 Å². The molecule has 1 radical (unpaired) electrons. The summed E-state index contributed by atoms with van der Waals surface area (Å²) in [5, 5.41) is 0. The Morgan fingerprint density at radius 2 is 0.448 bits per heavy atom. The zero-order valence-electron chi connectivity index (χ0n) is 33.0. The van der Waals surface area contributed by atoms with Crippen LogP contribution in [0.2, 0.25) is 0 Å². The Kier molecular flexibility index (Phi) is 14.5. The predicted octanol–water partition coefficient (Wildman–Crippen LogP) is 14.2. The van der Waals surface area contributed by atoms with Crippen molar-refractivity contribution < 1.29 is 20.1 Å². The van der Waals surface area contributed by atoms with Crippen molar-refractivity contribution >= 4 is 0 Å². The van der Waals surface area contributed by atoms with E-state index in [1.54, 1.807) is 0 Å². The zero-order chi connectivity index (χ0) is 39.2. The minimum absolute atomic E-state index is 0. The van der Waals surface area contributed by atoms with E-state index in [-0.39, 0.29) is 20.1 Å². The van der Waals surface area contributed by atoms with Crippen molar-refractivity contribution in [1.82, 2.24) is 15.0 Å². The van der Waals surface area contributed by atoms with E-state index in [1.807, 2.05) is 91.4 Å². The summed E-state index contributed by atoms with van der Waals surface area (Å²) in [6, 6.07) is 68.4. The van der Waals surface area contributed by atoms with Crippen LogP contribution in [0.1, 0.15) is 16.7 Å². The van der Waals surface area contributed by atoms with Gasteiger partial charge >= 0.3 is 0 Å². The molecule has 9 aromatic rings. The van der Waals surface area contributed by atoms with E-state index in [9.17, 15) is 0 Å². The Hall–Kier alpha value is -6.58. The molecule has 0 saturated carbocycles. The van der Waals surface area contributed by atoms with Gasteiger partial charge in [0, 0.05) is 72.1 Å². The molecule has 6 aromatic carbocycles. The SMILES string of the molecule is Cc1cc(-c2ccccc2)ncc1-c1ccccc1.Cc1cc(-c2ccccc2)ncc1-c1ccccc1.Cc1cc(-c2ccccc2)ncc1-c1ccccc1.[Ir]. The number of pyridine rings is 3. The van der Waals surface area contributed by atoms with Crippen LogP contribution in [-0.4, -0.2) is 15.0 Å². The van der Waals surface area contributed by atoms with Gasteiger partial charge in [-0.15, -0.1) is 0 Å². The Labute approximate surface area is 356 Å². The fraction of sp³-hybridized carbons (Fsp3) is 0.0556. The maximum Gasteiger partial charge on any atom is 0.0705 e. The van der Waals surface area contributed by atoms with Crippen LogP contribution < -0.4 is 0 Å². The van der Waals surface area contributed by atoms with Crippen molar-refractivity contribution in [2.24, 2.45) is 0 Å². The van der Waals surface area contributed by atoms with Crippen LogP contribution in [0.3, 0.4) is 0 Å². The maximum atomic E-state index is 4.59. The van der Waals surface area contributed by atoms with Gasteiger partial charge in [0.2, 0.25) is 0 Å². The molecule has 4 heteroatoms. The third-order valence-electron chi connectivity index (χ3n) is 9.80. The van der Waals surface area contributed by atoms with Crippen LogP contribution in [0.25, 0.3) is 67.2 Å². The molecule has 9 rings (SSSR count). The summed E-state index contributed by atoms with van der Waals surface area (Å²) in [6.45, 7) is 6.41. The third-order valence-corrected chi connectivity index (χ3v) is 9.80. The normalized spacial score (nSPS) is 10.2. The molecule has 0 aliphatic rings. The van der Waals surface area contributed by atoms with Crippen molar-refractivity contribution in [1.29, 1.82) is 0 Å². The van der Waals surface area contributed by atoms with Crippen LogP contribution in [-0.2, 0) is 20.1 Å². The molecule has 0 aliphatic heterocycles. The first kappa shape index (κ1) is 41.1. The Morgan fingerprint density at radius 3 is 0.638 bits per heavy atom. The van der Waals surface area contributed by atoms with Gasteiger partial charge in [0.05, 0.1) is 17.1 Å². The van der Waals surface area contributed by atoms with E-state index in [2.05, 4.69) is 163 Å². The Balaban J connectivity index is 0.000000145. The molecule has 0 spiro atoms. The number of nitrogens with zero attached hydrogens (tertiary/aromatic N) is 3. The van der Waals surface area contributed by atoms with Gasteiger partial charge in [0.1, 0.15) is 0 Å². The van der Waals surface area contributed by atoms with Gasteiger partial charge in [-0.3, -0.25) is 15.0 Å².